The summed E-state index contributed by atoms with van der Waals surface area (Å²) in [4.78, 5) is 26.8. The lowest BCUT2D eigenvalue weighted by Gasteiger charge is -2.37. The Hall–Kier alpha value is -2.04. The molecule has 0 spiro atoms. The molecule has 5 nitrogen and oxygen atoms in total. The Morgan fingerprint density at radius 3 is 2.14 bits per heavy atom. The molecule has 1 N–H and O–H groups in total. The van der Waals surface area contributed by atoms with Gasteiger partial charge < -0.3 is 10.0 Å². The SMILES string of the molecule is CC(N(C)C(=O)N(C)c1ccccc1C(=O)O)C(C)(C)C. The Morgan fingerprint density at radius 1 is 1.14 bits per heavy atom. The second-order valence-electron chi connectivity index (χ2n) is 6.32. The minimum Gasteiger partial charge on any atom is -0.478 e. The average Bonchev–Trinajstić information content (AvgIpc) is 2.43. The van der Waals surface area contributed by atoms with Gasteiger partial charge in [-0.3, -0.25) is 4.90 Å². The van der Waals surface area contributed by atoms with E-state index in [2.05, 4.69) is 20.8 Å². The van der Waals surface area contributed by atoms with E-state index in [-0.39, 0.29) is 23.1 Å². The number of carbonyl (C=O) groups is 2. The highest BCUT2D eigenvalue weighted by atomic mass is 16.4. The van der Waals surface area contributed by atoms with E-state index in [1.54, 1.807) is 37.2 Å². The number of rotatable bonds is 3. The summed E-state index contributed by atoms with van der Waals surface area (Å²) in [5, 5.41) is 9.22. The van der Waals surface area contributed by atoms with E-state index in [0.29, 0.717) is 5.69 Å². The molecule has 0 saturated carbocycles. The van der Waals surface area contributed by atoms with Crippen LogP contribution in [0.1, 0.15) is 38.1 Å². The molecule has 2 amide bonds. The predicted octanol–water partition coefficient (Wildman–Crippen LogP) is 3.31. The zero-order valence-electron chi connectivity index (χ0n) is 13.5. The van der Waals surface area contributed by atoms with Crippen LogP contribution in [0.25, 0.3) is 0 Å². The average molecular weight is 292 g/mol. The van der Waals surface area contributed by atoms with Crippen molar-refractivity contribution in [1.29, 1.82) is 0 Å². The van der Waals surface area contributed by atoms with Gasteiger partial charge in [0.1, 0.15) is 0 Å². The summed E-state index contributed by atoms with van der Waals surface area (Å²) in [5.41, 5.74) is 0.450. The van der Waals surface area contributed by atoms with Crippen LogP contribution in [0.2, 0.25) is 0 Å². The molecule has 0 radical (unpaired) electrons. The fraction of sp³-hybridized carbons (Fsp3) is 0.500. The van der Waals surface area contributed by atoms with Crippen LogP contribution in [0, 0.1) is 5.41 Å². The van der Waals surface area contributed by atoms with E-state index in [9.17, 15) is 14.7 Å². The molecular weight excluding hydrogens is 268 g/mol. The largest absolute Gasteiger partial charge is 0.478 e. The van der Waals surface area contributed by atoms with E-state index in [1.807, 2.05) is 6.92 Å². The van der Waals surface area contributed by atoms with Gasteiger partial charge in [0.2, 0.25) is 0 Å². The van der Waals surface area contributed by atoms with Crippen LogP contribution >= 0.6 is 0 Å². The fourth-order valence-corrected chi connectivity index (χ4v) is 2.03. The molecule has 1 aromatic carbocycles. The smallest absolute Gasteiger partial charge is 0.337 e. The van der Waals surface area contributed by atoms with Gasteiger partial charge in [0.05, 0.1) is 11.3 Å². The van der Waals surface area contributed by atoms with Gasteiger partial charge in [0, 0.05) is 20.1 Å². The summed E-state index contributed by atoms with van der Waals surface area (Å²) in [6, 6.07) is 6.28. The number of benzene rings is 1. The van der Waals surface area contributed by atoms with Crippen molar-refractivity contribution in [3.8, 4) is 0 Å². The first kappa shape index (κ1) is 17.0. The van der Waals surface area contributed by atoms with E-state index in [0.717, 1.165) is 0 Å². The molecule has 1 aromatic rings. The van der Waals surface area contributed by atoms with Crippen LogP contribution < -0.4 is 4.90 Å². The molecule has 0 aromatic heterocycles. The van der Waals surface area contributed by atoms with Gasteiger partial charge in [0.25, 0.3) is 0 Å². The Bertz CT molecular complexity index is 535. The van der Waals surface area contributed by atoms with Gasteiger partial charge in [-0.2, -0.15) is 0 Å². The van der Waals surface area contributed by atoms with Crippen molar-refractivity contribution in [2.45, 2.75) is 33.7 Å². The monoisotopic (exact) mass is 292 g/mol. The molecule has 5 heteroatoms. The lowest BCUT2D eigenvalue weighted by atomic mass is 9.87. The highest BCUT2D eigenvalue weighted by Crippen LogP contribution is 2.26. The van der Waals surface area contributed by atoms with Crippen LogP contribution in [0.3, 0.4) is 0 Å². The third-order valence-electron chi connectivity index (χ3n) is 3.92. The number of carbonyl (C=O) groups excluding carboxylic acids is 1. The maximum atomic E-state index is 12.6. The van der Waals surface area contributed by atoms with Crippen molar-refractivity contribution in [2.24, 2.45) is 5.41 Å². The van der Waals surface area contributed by atoms with Crippen molar-refractivity contribution in [2.75, 3.05) is 19.0 Å². The minimum atomic E-state index is -1.04. The normalized spacial score (nSPS) is 12.7. The van der Waals surface area contributed by atoms with Crippen molar-refractivity contribution < 1.29 is 14.7 Å². The molecule has 0 fully saturated rings. The zero-order valence-corrected chi connectivity index (χ0v) is 13.5. The second-order valence-corrected chi connectivity index (χ2v) is 6.32. The Balaban J connectivity index is 3.06. The number of aromatic carboxylic acids is 1. The van der Waals surface area contributed by atoms with Crippen molar-refractivity contribution >= 4 is 17.7 Å². The van der Waals surface area contributed by atoms with Gasteiger partial charge in [-0.05, 0) is 24.5 Å². The maximum Gasteiger partial charge on any atom is 0.337 e. The van der Waals surface area contributed by atoms with Crippen molar-refractivity contribution in [3.05, 3.63) is 29.8 Å². The first-order chi connectivity index (χ1) is 9.57. The molecule has 1 atom stereocenters. The van der Waals surface area contributed by atoms with Crippen LogP contribution in [0.5, 0.6) is 0 Å². The Morgan fingerprint density at radius 2 is 1.67 bits per heavy atom. The van der Waals surface area contributed by atoms with Gasteiger partial charge in [-0.25, -0.2) is 9.59 Å². The van der Waals surface area contributed by atoms with E-state index < -0.39 is 5.97 Å². The van der Waals surface area contributed by atoms with Gasteiger partial charge in [-0.1, -0.05) is 32.9 Å². The van der Waals surface area contributed by atoms with E-state index in [4.69, 9.17) is 0 Å². The molecule has 116 valence electrons. The number of hydrogen-bond donors (Lipinski definition) is 1. The topological polar surface area (TPSA) is 60.9 Å². The lowest BCUT2D eigenvalue weighted by molar-refractivity contribution is 0.0697. The highest BCUT2D eigenvalue weighted by Gasteiger charge is 2.29. The molecule has 1 rings (SSSR count). The van der Waals surface area contributed by atoms with Gasteiger partial charge in [0.15, 0.2) is 0 Å². The van der Waals surface area contributed by atoms with Crippen molar-refractivity contribution in [1.82, 2.24) is 4.90 Å². The van der Waals surface area contributed by atoms with Crippen LogP contribution in [-0.2, 0) is 0 Å². The fourth-order valence-electron chi connectivity index (χ4n) is 2.03. The van der Waals surface area contributed by atoms with E-state index >= 15 is 0 Å². The van der Waals surface area contributed by atoms with Gasteiger partial charge >= 0.3 is 12.0 Å². The number of carboxylic acid groups (broad SMARTS) is 1. The summed E-state index contributed by atoms with van der Waals surface area (Å²) < 4.78 is 0. The molecule has 0 aliphatic carbocycles. The molecule has 21 heavy (non-hydrogen) atoms. The number of carboxylic acids is 1. The molecule has 0 bridgehead atoms. The van der Waals surface area contributed by atoms with E-state index in [1.165, 1.54) is 11.0 Å². The second kappa shape index (κ2) is 6.16. The maximum absolute atomic E-state index is 12.6. The number of anilines is 1. The summed E-state index contributed by atoms with van der Waals surface area (Å²) in [6.07, 6.45) is 0. The number of nitrogens with zero attached hydrogens (tertiary/aromatic N) is 2. The van der Waals surface area contributed by atoms with Crippen LogP contribution in [0.15, 0.2) is 24.3 Å². The number of urea groups is 1. The lowest BCUT2D eigenvalue weighted by Crippen LogP contribution is -2.48. The predicted molar refractivity (Wildman–Crippen MR) is 83.9 cm³/mol. The summed E-state index contributed by atoms with van der Waals surface area (Å²) in [5.74, 6) is -1.04. The molecule has 0 saturated heterocycles. The molecule has 1 unspecified atom stereocenters. The Kier molecular flexibility index (Phi) is 4.99. The first-order valence-electron chi connectivity index (χ1n) is 6.90. The molecular formula is C16H24N2O3. The third kappa shape index (κ3) is 3.74. The van der Waals surface area contributed by atoms with Crippen molar-refractivity contribution in [3.63, 3.8) is 0 Å². The molecule has 0 aliphatic rings. The summed E-state index contributed by atoms with van der Waals surface area (Å²) >= 11 is 0. The minimum absolute atomic E-state index is 0.0180. The van der Waals surface area contributed by atoms with Crippen LogP contribution in [0.4, 0.5) is 10.5 Å². The number of para-hydroxylation sites is 1. The van der Waals surface area contributed by atoms with Gasteiger partial charge in [-0.15, -0.1) is 0 Å². The summed E-state index contributed by atoms with van der Waals surface area (Å²) in [6.45, 7) is 8.17. The number of amides is 2. The summed E-state index contributed by atoms with van der Waals surface area (Å²) in [7, 11) is 3.33. The Labute approximate surface area is 126 Å². The quantitative estimate of drug-likeness (QED) is 0.929. The molecule has 0 aliphatic heterocycles. The standard InChI is InChI=1S/C16H24N2O3/c1-11(16(2,3)4)17(5)15(21)18(6)13-10-8-7-9-12(13)14(19)20/h7-11H,1-6H3,(H,19,20). The molecule has 0 heterocycles. The number of hydrogen-bond acceptors (Lipinski definition) is 2. The zero-order chi connectivity index (χ0) is 16.4. The third-order valence-corrected chi connectivity index (χ3v) is 3.92. The van der Waals surface area contributed by atoms with Crippen LogP contribution in [-0.4, -0.2) is 42.1 Å². The first-order valence-corrected chi connectivity index (χ1v) is 6.90. The highest BCUT2D eigenvalue weighted by molar-refractivity contribution is 6.01.